The Morgan fingerprint density at radius 3 is 2.84 bits per heavy atom. The van der Waals surface area contributed by atoms with Crippen LogP contribution < -0.4 is 10.2 Å². The number of nitrogens with one attached hydrogen (secondary N) is 1. The molecule has 1 heterocycles. The largest absolute Gasteiger partial charge is 0.481 e. The maximum absolute atomic E-state index is 11.2. The number of carbonyl (C=O) groups is 2. The normalized spacial score (nSPS) is 17.7. The monoisotopic (exact) mass is 262 g/mol. The second kappa shape index (κ2) is 5.73. The molecule has 0 saturated carbocycles. The minimum atomic E-state index is -0.765. The number of hydrogen-bond acceptors (Lipinski definition) is 3. The Hall–Kier alpha value is -2.04. The third-order valence-corrected chi connectivity index (χ3v) is 3.34. The summed E-state index contributed by atoms with van der Waals surface area (Å²) >= 11 is 0. The number of carboxylic acid groups (broad SMARTS) is 1. The molecule has 5 heteroatoms. The highest BCUT2D eigenvalue weighted by molar-refractivity contribution is 5.74. The summed E-state index contributed by atoms with van der Waals surface area (Å²) in [5.41, 5.74) is 2.13. The van der Waals surface area contributed by atoms with Crippen molar-refractivity contribution in [2.24, 2.45) is 5.92 Å². The van der Waals surface area contributed by atoms with E-state index in [0.29, 0.717) is 26.1 Å². The lowest BCUT2D eigenvalue weighted by atomic mass is 9.92. The van der Waals surface area contributed by atoms with Crippen molar-refractivity contribution in [3.05, 3.63) is 29.8 Å². The van der Waals surface area contributed by atoms with Crippen molar-refractivity contribution < 1.29 is 14.7 Å². The van der Waals surface area contributed by atoms with Crippen molar-refractivity contribution in [1.29, 1.82) is 0 Å². The van der Waals surface area contributed by atoms with Crippen LogP contribution in [0.3, 0.4) is 0 Å². The molecule has 0 saturated heterocycles. The SMILES string of the molecule is CC(=O)NCCN1CC(C(=O)O)Cc2ccccc21. The van der Waals surface area contributed by atoms with Gasteiger partial charge in [-0.15, -0.1) is 0 Å². The van der Waals surface area contributed by atoms with E-state index in [-0.39, 0.29) is 11.8 Å². The summed E-state index contributed by atoms with van der Waals surface area (Å²) in [5.74, 6) is -1.22. The van der Waals surface area contributed by atoms with Crippen LogP contribution in [-0.2, 0) is 16.0 Å². The van der Waals surface area contributed by atoms with Crippen LogP contribution in [0.5, 0.6) is 0 Å². The number of benzene rings is 1. The molecule has 0 fully saturated rings. The van der Waals surface area contributed by atoms with Gasteiger partial charge in [-0.3, -0.25) is 9.59 Å². The molecule has 2 rings (SSSR count). The molecule has 2 N–H and O–H groups in total. The zero-order valence-electron chi connectivity index (χ0n) is 10.9. The lowest BCUT2D eigenvalue weighted by molar-refractivity contribution is -0.141. The van der Waals surface area contributed by atoms with E-state index in [1.54, 1.807) is 0 Å². The molecule has 0 radical (unpaired) electrons. The average Bonchev–Trinajstić information content (AvgIpc) is 2.38. The molecule has 19 heavy (non-hydrogen) atoms. The van der Waals surface area contributed by atoms with Crippen molar-refractivity contribution in [3.63, 3.8) is 0 Å². The highest BCUT2D eigenvalue weighted by Gasteiger charge is 2.28. The number of carboxylic acids is 1. The first-order valence-corrected chi connectivity index (χ1v) is 6.38. The molecule has 1 aliphatic rings. The molecule has 1 aromatic rings. The number of amides is 1. The van der Waals surface area contributed by atoms with Crippen LogP contribution in [0.2, 0.25) is 0 Å². The Labute approximate surface area is 112 Å². The third kappa shape index (κ3) is 3.24. The first kappa shape index (κ1) is 13.4. The van der Waals surface area contributed by atoms with Crippen molar-refractivity contribution in [3.8, 4) is 0 Å². The smallest absolute Gasteiger partial charge is 0.308 e. The zero-order valence-corrected chi connectivity index (χ0v) is 10.9. The van der Waals surface area contributed by atoms with E-state index >= 15 is 0 Å². The van der Waals surface area contributed by atoms with E-state index in [2.05, 4.69) is 5.32 Å². The summed E-state index contributed by atoms with van der Waals surface area (Å²) < 4.78 is 0. The number of anilines is 1. The van der Waals surface area contributed by atoms with Crippen molar-refractivity contribution >= 4 is 17.6 Å². The topological polar surface area (TPSA) is 69.6 Å². The summed E-state index contributed by atoms with van der Waals surface area (Å²) in [6.07, 6.45) is 0.572. The van der Waals surface area contributed by atoms with Crippen LogP contribution in [0.4, 0.5) is 5.69 Å². The molecule has 0 aromatic heterocycles. The van der Waals surface area contributed by atoms with Gasteiger partial charge < -0.3 is 15.3 Å². The van der Waals surface area contributed by atoms with E-state index in [4.69, 9.17) is 0 Å². The Morgan fingerprint density at radius 2 is 2.16 bits per heavy atom. The van der Waals surface area contributed by atoms with Crippen molar-refractivity contribution in [2.75, 3.05) is 24.5 Å². The molecule has 1 unspecified atom stereocenters. The van der Waals surface area contributed by atoms with Crippen LogP contribution in [-0.4, -0.2) is 36.6 Å². The average molecular weight is 262 g/mol. The lowest BCUT2D eigenvalue weighted by Crippen LogP contribution is -2.42. The molecule has 0 bridgehead atoms. The zero-order chi connectivity index (χ0) is 13.8. The number of para-hydroxylation sites is 1. The molecule has 1 aromatic carbocycles. The van der Waals surface area contributed by atoms with Gasteiger partial charge in [0.05, 0.1) is 5.92 Å². The summed E-state index contributed by atoms with van der Waals surface area (Å²) in [7, 11) is 0. The molecule has 102 valence electrons. The second-order valence-corrected chi connectivity index (χ2v) is 4.80. The number of fused-ring (bicyclic) bond motifs is 1. The lowest BCUT2D eigenvalue weighted by Gasteiger charge is -2.34. The van der Waals surface area contributed by atoms with Crippen LogP contribution >= 0.6 is 0 Å². The number of hydrogen-bond donors (Lipinski definition) is 2. The fraction of sp³-hybridized carbons (Fsp3) is 0.429. The van der Waals surface area contributed by atoms with Crippen LogP contribution in [0, 0.1) is 5.92 Å². The molecule has 0 spiro atoms. The fourth-order valence-corrected chi connectivity index (χ4v) is 2.43. The number of aliphatic carboxylic acids is 1. The van der Waals surface area contributed by atoms with E-state index in [0.717, 1.165) is 11.3 Å². The van der Waals surface area contributed by atoms with Gasteiger partial charge in [0.1, 0.15) is 0 Å². The Morgan fingerprint density at radius 1 is 1.42 bits per heavy atom. The molecule has 1 aliphatic heterocycles. The second-order valence-electron chi connectivity index (χ2n) is 4.80. The van der Waals surface area contributed by atoms with Gasteiger partial charge in [-0.25, -0.2) is 0 Å². The van der Waals surface area contributed by atoms with Gasteiger partial charge in [-0.1, -0.05) is 18.2 Å². The first-order chi connectivity index (χ1) is 9.08. The summed E-state index contributed by atoms with van der Waals surface area (Å²) in [6, 6.07) is 7.84. The van der Waals surface area contributed by atoms with E-state index in [1.165, 1.54) is 6.92 Å². The number of rotatable bonds is 4. The van der Waals surface area contributed by atoms with Crippen LogP contribution in [0.15, 0.2) is 24.3 Å². The number of nitrogens with zero attached hydrogens (tertiary/aromatic N) is 1. The van der Waals surface area contributed by atoms with Gasteiger partial charge in [-0.05, 0) is 18.1 Å². The Bertz CT molecular complexity index is 487. The highest BCUT2D eigenvalue weighted by atomic mass is 16.4. The Kier molecular flexibility index (Phi) is 4.04. The van der Waals surface area contributed by atoms with Crippen LogP contribution in [0.25, 0.3) is 0 Å². The minimum absolute atomic E-state index is 0.0694. The third-order valence-electron chi connectivity index (χ3n) is 3.34. The van der Waals surface area contributed by atoms with Gasteiger partial charge in [0.2, 0.25) is 5.91 Å². The standard InChI is InChI=1S/C14H18N2O3/c1-10(17)15-6-7-16-9-12(14(18)19)8-11-4-2-3-5-13(11)16/h2-5,12H,6-9H2,1H3,(H,15,17)(H,18,19). The van der Waals surface area contributed by atoms with Crippen molar-refractivity contribution in [1.82, 2.24) is 5.32 Å². The van der Waals surface area contributed by atoms with Crippen molar-refractivity contribution in [2.45, 2.75) is 13.3 Å². The maximum Gasteiger partial charge on any atom is 0.308 e. The highest BCUT2D eigenvalue weighted by Crippen LogP contribution is 2.29. The summed E-state index contributed by atoms with van der Waals surface area (Å²) in [5, 5.41) is 11.9. The van der Waals surface area contributed by atoms with E-state index in [1.807, 2.05) is 29.2 Å². The molecular formula is C14H18N2O3. The van der Waals surface area contributed by atoms with Gasteiger partial charge in [0, 0.05) is 32.2 Å². The molecule has 0 aliphatic carbocycles. The predicted molar refractivity (Wildman–Crippen MR) is 72.2 cm³/mol. The molecule has 1 atom stereocenters. The molecule has 1 amide bonds. The first-order valence-electron chi connectivity index (χ1n) is 6.38. The molecule has 5 nitrogen and oxygen atoms in total. The van der Waals surface area contributed by atoms with E-state index < -0.39 is 5.97 Å². The maximum atomic E-state index is 11.2. The summed E-state index contributed by atoms with van der Waals surface area (Å²) in [4.78, 5) is 24.1. The van der Waals surface area contributed by atoms with Gasteiger partial charge >= 0.3 is 5.97 Å². The minimum Gasteiger partial charge on any atom is -0.481 e. The number of carbonyl (C=O) groups excluding carboxylic acids is 1. The van der Waals surface area contributed by atoms with Gasteiger partial charge in [0.25, 0.3) is 0 Å². The fourth-order valence-electron chi connectivity index (χ4n) is 2.43. The van der Waals surface area contributed by atoms with E-state index in [9.17, 15) is 14.7 Å². The molecular weight excluding hydrogens is 244 g/mol. The summed E-state index contributed by atoms with van der Waals surface area (Å²) in [6.45, 7) is 3.12. The predicted octanol–water partition coefficient (Wildman–Crippen LogP) is 0.886. The Balaban J connectivity index is 2.12. The van der Waals surface area contributed by atoms with Gasteiger partial charge in [-0.2, -0.15) is 0 Å². The quantitative estimate of drug-likeness (QED) is 0.845. The van der Waals surface area contributed by atoms with Gasteiger partial charge in [0.15, 0.2) is 0 Å². The van der Waals surface area contributed by atoms with Crippen LogP contribution in [0.1, 0.15) is 12.5 Å².